The average Bonchev–Trinajstić information content (AvgIpc) is 2.24. The maximum Gasteiger partial charge on any atom is 0.300 e. The van der Waals surface area contributed by atoms with E-state index in [1.54, 1.807) is 13.0 Å². The number of Topliss-reactive ketones (excluding diaryl/α,β-unsaturated/α-hetero) is 1. The number of hydrogen-bond acceptors (Lipinski definition) is 4. The smallest absolute Gasteiger partial charge is 0.300 e. The lowest BCUT2D eigenvalue weighted by molar-refractivity contribution is -0.134. The van der Waals surface area contributed by atoms with Gasteiger partial charge in [-0.1, -0.05) is 19.9 Å². The Balaban J connectivity index is 0.000000796. The van der Waals surface area contributed by atoms with Gasteiger partial charge >= 0.3 is 0 Å². The Morgan fingerprint density at radius 2 is 1.75 bits per heavy atom. The lowest BCUT2D eigenvalue weighted by Gasteiger charge is -2.34. The van der Waals surface area contributed by atoms with Gasteiger partial charge in [-0.05, 0) is 42.9 Å². The molecule has 0 saturated heterocycles. The van der Waals surface area contributed by atoms with Gasteiger partial charge in [-0.15, -0.1) is 0 Å². The Bertz CT molecular complexity index is 465. The number of carboxylic acids is 1. The van der Waals surface area contributed by atoms with Gasteiger partial charge in [0.1, 0.15) is 6.10 Å². The van der Waals surface area contributed by atoms with Crippen molar-refractivity contribution in [2.24, 2.45) is 5.41 Å². The standard InChI is InChI=1S/C13H18O3.C2H4O2/c1-8(14)5-6-10-9(2)12(16)11(15)7-13(10,3)4;1-2(3)4/h5-6,11,15H,7H2,1-4H3;1H3,(H,3,4). The third kappa shape index (κ3) is 5.48. The molecule has 0 amide bonds. The van der Waals surface area contributed by atoms with Crippen molar-refractivity contribution in [3.8, 4) is 0 Å². The fourth-order valence-electron chi connectivity index (χ4n) is 2.13. The molecule has 0 saturated carbocycles. The molecule has 1 aliphatic carbocycles. The van der Waals surface area contributed by atoms with Gasteiger partial charge in [0, 0.05) is 6.92 Å². The molecule has 1 rings (SSSR count). The number of allylic oxidation sites excluding steroid dienone is 3. The van der Waals surface area contributed by atoms with E-state index < -0.39 is 12.1 Å². The third-order valence-corrected chi connectivity index (χ3v) is 2.99. The topological polar surface area (TPSA) is 91.7 Å². The van der Waals surface area contributed by atoms with Gasteiger partial charge in [-0.2, -0.15) is 0 Å². The molecule has 0 aromatic heterocycles. The minimum absolute atomic E-state index is 0.0466. The number of hydrogen-bond donors (Lipinski definition) is 2. The maximum absolute atomic E-state index is 11.6. The maximum atomic E-state index is 11.6. The minimum atomic E-state index is -0.913. The van der Waals surface area contributed by atoms with Crippen LogP contribution >= 0.6 is 0 Å². The Kier molecular flexibility index (Phi) is 6.52. The van der Waals surface area contributed by atoms with Crippen LogP contribution in [0.3, 0.4) is 0 Å². The molecule has 1 atom stereocenters. The van der Waals surface area contributed by atoms with Crippen molar-refractivity contribution in [3.05, 3.63) is 23.3 Å². The van der Waals surface area contributed by atoms with Gasteiger partial charge < -0.3 is 10.2 Å². The molecule has 2 N–H and O–H groups in total. The van der Waals surface area contributed by atoms with Crippen LogP contribution in [0.25, 0.3) is 0 Å². The van der Waals surface area contributed by atoms with Crippen LogP contribution in [0.1, 0.15) is 41.0 Å². The molecule has 0 aromatic rings. The molecule has 0 spiro atoms. The van der Waals surface area contributed by atoms with Gasteiger partial charge in [0.05, 0.1) is 0 Å². The minimum Gasteiger partial charge on any atom is -0.481 e. The summed E-state index contributed by atoms with van der Waals surface area (Å²) in [7, 11) is 0. The second-order valence-electron chi connectivity index (χ2n) is 5.47. The zero-order valence-electron chi connectivity index (χ0n) is 12.6. The van der Waals surface area contributed by atoms with Crippen molar-refractivity contribution in [1.29, 1.82) is 0 Å². The monoisotopic (exact) mass is 282 g/mol. The number of ketones is 2. The van der Waals surface area contributed by atoms with Crippen LogP contribution in [-0.4, -0.2) is 33.9 Å². The molecular weight excluding hydrogens is 260 g/mol. The van der Waals surface area contributed by atoms with E-state index in [0.717, 1.165) is 12.5 Å². The number of carbonyl (C=O) groups excluding carboxylic acids is 2. The van der Waals surface area contributed by atoms with Crippen molar-refractivity contribution < 1.29 is 24.6 Å². The van der Waals surface area contributed by atoms with Crippen LogP contribution in [0.4, 0.5) is 0 Å². The number of aliphatic carboxylic acids is 1. The highest BCUT2D eigenvalue weighted by molar-refractivity contribution is 6.01. The second kappa shape index (κ2) is 7.14. The highest BCUT2D eigenvalue weighted by atomic mass is 16.4. The van der Waals surface area contributed by atoms with Crippen LogP contribution in [-0.2, 0) is 14.4 Å². The molecule has 1 aliphatic rings. The van der Waals surface area contributed by atoms with E-state index in [1.165, 1.54) is 13.0 Å². The summed E-state index contributed by atoms with van der Waals surface area (Å²) in [5.41, 5.74) is 1.13. The predicted molar refractivity (Wildman–Crippen MR) is 75.2 cm³/mol. The zero-order valence-corrected chi connectivity index (χ0v) is 12.6. The number of rotatable bonds is 2. The molecule has 0 aromatic carbocycles. The summed E-state index contributed by atoms with van der Waals surface area (Å²) in [5.74, 6) is -1.11. The Hall–Kier alpha value is -1.75. The quantitative estimate of drug-likeness (QED) is 0.755. The van der Waals surface area contributed by atoms with E-state index in [-0.39, 0.29) is 17.0 Å². The molecule has 5 nitrogen and oxygen atoms in total. The fourth-order valence-corrected chi connectivity index (χ4v) is 2.13. The fraction of sp³-hybridized carbons (Fsp3) is 0.533. The van der Waals surface area contributed by atoms with Crippen molar-refractivity contribution >= 4 is 17.5 Å². The first-order valence-corrected chi connectivity index (χ1v) is 6.31. The summed E-state index contributed by atoms with van der Waals surface area (Å²) >= 11 is 0. The van der Waals surface area contributed by atoms with E-state index in [2.05, 4.69) is 0 Å². The number of aliphatic hydroxyl groups is 1. The van der Waals surface area contributed by atoms with Gasteiger partial charge in [0.25, 0.3) is 5.97 Å². The first-order valence-electron chi connectivity index (χ1n) is 6.31. The van der Waals surface area contributed by atoms with E-state index in [4.69, 9.17) is 9.90 Å². The lowest BCUT2D eigenvalue weighted by atomic mass is 9.71. The largest absolute Gasteiger partial charge is 0.481 e. The second-order valence-corrected chi connectivity index (χ2v) is 5.47. The molecule has 0 bridgehead atoms. The molecule has 5 heteroatoms. The Labute approximate surface area is 119 Å². The summed E-state index contributed by atoms with van der Waals surface area (Å²) < 4.78 is 0. The lowest BCUT2D eigenvalue weighted by Crippen LogP contribution is -2.35. The first-order chi connectivity index (χ1) is 8.99. The predicted octanol–water partition coefficient (Wildman–Crippen LogP) is 1.90. The van der Waals surface area contributed by atoms with Crippen molar-refractivity contribution in [1.82, 2.24) is 0 Å². The molecule has 0 aliphatic heterocycles. The van der Waals surface area contributed by atoms with E-state index in [0.29, 0.717) is 12.0 Å². The highest BCUT2D eigenvalue weighted by Crippen LogP contribution is 2.39. The normalized spacial score (nSPS) is 21.5. The number of aliphatic hydroxyl groups excluding tert-OH is 1. The molecule has 0 heterocycles. The molecule has 1 unspecified atom stereocenters. The summed E-state index contributed by atoms with van der Waals surface area (Å²) in [6, 6.07) is 0. The third-order valence-electron chi connectivity index (χ3n) is 2.99. The van der Waals surface area contributed by atoms with Crippen LogP contribution in [0.5, 0.6) is 0 Å². The SMILES string of the molecule is CC(=O)C=CC1=C(C)C(=O)C(O)CC1(C)C.CC(=O)O. The molecular formula is C15H22O5. The van der Waals surface area contributed by atoms with Crippen LogP contribution in [0.2, 0.25) is 0 Å². The number of carboxylic acid groups (broad SMARTS) is 1. The number of carbonyl (C=O) groups is 3. The van der Waals surface area contributed by atoms with Crippen molar-refractivity contribution in [2.45, 2.75) is 47.1 Å². The summed E-state index contributed by atoms with van der Waals surface area (Å²) in [4.78, 5) is 31.5. The summed E-state index contributed by atoms with van der Waals surface area (Å²) in [5, 5.41) is 17.0. The zero-order chi connectivity index (χ0) is 16.1. The molecule has 112 valence electrons. The van der Waals surface area contributed by atoms with E-state index >= 15 is 0 Å². The molecule has 20 heavy (non-hydrogen) atoms. The summed E-state index contributed by atoms with van der Waals surface area (Å²) in [6.07, 6.45) is 2.65. The van der Waals surface area contributed by atoms with E-state index in [1.807, 2.05) is 13.8 Å². The Morgan fingerprint density at radius 1 is 1.30 bits per heavy atom. The van der Waals surface area contributed by atoms with Crippen molar-refractivity contribution in [2.75, 3.05) is 0 Å². The van der Waals surface area contributed by atoms with Gasteiger partial charge in [-0.3, -0.25) is 14.4 Å². The van der Waals surface area contributed by atoms with Crippen LogP contribution in [0.15, 0.2) is 23.3 Å². The Morgan fingerprint density at radius 3 is 2.15 bits per heavy atom. The van der Waals surface area contributed by atoms with Crippen LogP contribution in [0, 0.1) is 5.41 Å². The van der Waals surface area contributed by atoms with Gasteiger partial charge in [0.15, 0.2) is 11.6 Å². The van der Waals surface area contributed by atoms with Crippen molar-refractivity contribution in [3.63, 3.8) is 0 Å². The van der Waals surface area contributed by atoms with Gasteiger partial charge in [-0.25, -0.2) is 0 Å². The van der Waals surface area contributed by atoms with Crippen LogP contribution < -0.4 is 0 Å². The van der Waals surface area contributed by atoms with E-state index in [9.17, 15) is 14.7 Å². The summed E-state index contributed by atoms with van der Waals surface area (Å²) in [6.45, 7) is 8.18. The van der Waals surface area contributed by atoms with Gasteiger partial charge in [0.2, 0.25) is 0 Å². The molecule has 0 fully saturated rings. The molecule has 0 radical (unpaired) electrons. The highest BCUT2D eigenvalue weighted by Gasteiger charge is 2.36. The first kappa shape index (κ1) is 18.2. The average molecular weight is 282 g/mol.